The van der Waals surface area contributed by atoms with Gasteiger partial charge in [-0.25, -0.2) is 4.79 Å². The van der Waals surface area contributed by atoms with Gasteiger partial charge >= 0.3 is 5.97 Å². The van der Waals surface area contributed by atoms with Crippen LogP contribution in [0.4, 0.5) is 5.69 Å². The molecule has 0 aliphatic rings. The molecule has 0 heterocycles. The van der Waals surface area contributed by atoms with Gasteiger partial charge in [0.1, 0.15) is 17.9 Å². The molecule has 0 saturated heterocycles. The number of carbonyl (C=O) groups is 2. The topological polar surface area (TPSA) is 75.6 Å². The number of halogens is 1. The average molecular weight is 270 g/mol. The van der Waals surface area contributed by atoms with E-state index in [1.165, 1.54) is 25.1 Å². The summed E-state index contributed by atoms with van der Waals surface area (Å²) < 4.78 is 5.22. The molecule has 0 aromatic heterocycles. The van der Waals surface area contributed by atoms with Crippen LogP contribution < -0.4 is 10.1 Å². The van der Waals surface area contributed by atoms with E-state index in [1.54, 1.807) is 0 Å². The second-order valence-corrected chi connectivity index (χ2v) is 3.82. The van der Waals surface area contributed by atoms with E-state index < -0.39 is 5.97 Å². The number of hydrogen-bond donors (Lipinski definition) is 2. The number of anilines is 1. The first kappa shape index (κ1) is 14.1. The molecule has 0 aliphatic heterocycles. The molecule has 0 fully saturated rings. The van der Waals surface area contributed by atoms with Gasteiger partial charge in [0, 0.05) is 13.0 Å². The van der Waals surface area contributed by atoms with Gasteiger partial charge in [-0.2, -0.15) is 0 Å². The van der Waals surface area contributed by atoms with Gasteiger partial charge < -0.3 is 15.2 Å². The van der Waals surface area contributed by atoms with E-state index in [9.17, 15) is 9.59 Å². The van der Waals surface area contributed by atoms with Gasteiger partial charge in [0.05, 0.1) is 10.7 Å². The summed E-state index contributed by atoms with van der Waals surface area (Å²) >= 11 is 5.87. The maximum absolute atomic E-state index is 11.0. The third-order valence-electron chi connectivity index (χ3n) is 1.97. The molecule has 1 amide bonds. The van der Waals surface area contributed by atoms with E-state index in [0.29, 0.717) is 5.69 Å². The Hall–Kier alpha value is -2.01. The van der Waals surface area contributed by atoms with Crippen LogP contribution in [0.15, 0.2) is 24.8 Å². The number of nitrogens with one attached hydrogen (secondary N) is 1. The van der Waals surface area contributed by atoms with Crippen molar-refractivity contribution in [1.29, 1.82) is 0 Å². The number of amides is 1. The van der Waals surface area contributed by atoms with Crippen LogP contribution in [0, 0.1) is 0 Å². The zero-order valence-corrected chi connectivity index (χ0v) is 10.5. The van der Waals surface area contributed by atoms with Crippen LogP contribution in [0.1, 0.15) is 17.3 Å². The molecule has 96 valence electrons. The molecule has 1 rings (SSSR count). The average Bonchev–Trinajstić information content (AvgIpc) is 2.28. The molecule has 18 heavy (non-hydrogen) atoms. The first-order valence-corrected chi connectivity index (χ1v) is 5.41. The number of carboxylic acid groups (broad SMARTS) is 1. The molecule has 0 bridgehead atoms. The summed E-state index contributed by atoms with van der Waals surface area (Å²) in [7, 11) is 0. The molecular weight excluding hydrogens is 258 g/mol. The van der Waals surface area contributed by atoms with Crippen molar-refractivity contribution in [2.45, 2.75) is 6.92 Å². The Morgan fingerprint density at radius 2 is 2.22 bits per heavy atom. The number of ether oxygens (including phenoxy) is 1. The Labute approximate surface area is 109 Å². The fourth-order valence-electron chi connectivity index (χ4n) is 1.27. The quantitative estimate of drug-likeness (QED) is 0.806. The number of hydrogen-bond acceptors (Lipinski definition) is 3. The number of benzene rings is 1. The first-order valence-electron chi connectivity index (χ1n) is 5.03. The van der Waals surface area contributed by atoms with Crippen LogP contribution in [0.3, 0.4) is 0 Å². The number of rotatable bonds is 5. The van der Waals surface area contributed by atoms with Gasteiger partial charge in [0.25, 0.3) is 0 Å². The van der Waals surface area contributed by atoms with E-state index in [2.05, 4.69) is 11.9 Å². The summed E-state index contributed by atoms with van der Waals surface area (Å²) in [5.41, 5.74) is 0.226. The highest BCUT2D eigenvalue weighted by Crippen LogP contribution is 2.31. The van der Waals surface area contributed by atoms with E-state index >= 15 is 0 Å². The van der Waals surface area contributed by atoms with Crippen LogP contribution in [0.2, 0.25) is 5.02 Å². The highest BCUT2D eigenvalue weighted by atomic mass is 35.5. The minimum absolute atomic E-state index is 0.0732. The molecule has 2 N–H and O–H groups in total. The van der Waals surface area contributed by atoms with Crippen molar-refractivity contribution in [3.8, 4) is 5.75 Å². The Bertz CT molecular complexity index is 499. The lowest BCUT2D eigenvalue weighted by atomic mass is 10.1. The number of carboxylic acids is 1. The van der Waals surface area contributed by atoms with Crippen molar-refractivity contribution >= 4 is 29.2 Å². The third kappa shape index (κ3) is 3.49. The Morgan fingerprint density at radius 3 is 2.72 bits per heavy atom. The summed E-state index contributed by atoms with van der Waals surface area (Å²) in [4.78, 5) is 22.0. The SMILES string of the molecule is C=CCOc1cc(NC(C)=O)c(Cl)cc1C(=O)O. The lowest BCUT2D eigenvalue weighted by Crippen LogP contribution is -2.09. The van der Waals surface area contributed by atoms with Crippen LogP contribution in [0.25, 0.3) is 0 Å². The van der Waals surface area contributed by atoms with Crippen LogP contribution in [-0.2, 0) is 4.79 Å². The molecule has 1 aromatic rings. The molecule has 0 radical (unpaired) electrons. The van der Waals surface area contributed by atoms with Gasteiger partial charge in [-0.15, -0.1) is 0 Å². The van der Waals surface area contributed by atoms with Crippen molar-refractivity contribution in [2.75, 3.05) is 11.9 Å². The minimum atomic E-state index is -1.16. The zero-order valence-electron chi connectivity index (χ0n) is 9.70. The van der Waals surface area contributed by atoms with E-state index in [-0.39, 0.29) is 28.8 Å². The van der Waals surface area contributed by atoms with Crippen LogP contribution >= 0.6 is 11.6 Å². The normalized spacial score (nSPS) is 9.67. The highest BCUT2D eigenvalue weighted by Gasteiger charge is 2.15. The van der Waals surface area contributed by atoms with Crippen molar-refractivity contribution in [2.24, 2.45) is 0 Å². The van der Waals surface area contributed by atoms with Gasteiger partial charge in [-0.05, 0) is 6.07 Å². The maximum Gasteiger partial charge on any atom is 0.339 e. The molecule has 0 saturated carbocycles. The van der Waals surface area contributed by atoms with Gasteiger partial charge in [-0.3, -0.25) is 4.79 Å². The third-order valence-corrected chi connectivity index (χ3v) is 2.28. The molecule has 0 atom stereocenters. The van der Waals surface area contributed by atoms with E-state index in [1.807, 2.05) is 0 Å². The first-order chi connectivity index (χ1) is 8.45. The van der Waals surface area contributed by atoms with Crippen molar-refractivity contribution in [1.82, 2.24) is 0 Å². The zero-order chi connectivity index (χ0) is 13.7. The lowest BCUT2D eigenvalue weighted by Gasteiger charge is -2.11. The summed E-state index contributed by atoms with van der Waals surface area (Å²) in [6.07, 6.45) is 1.48. The van der Waals surface area contributed by atoms with Crippen LogP contribution in [-0.4, -0.2) is 23.6 Å². The molecular formula is C12H12ClNO4. The Kier molecular flexibility index (Phi) is 4.74. The minimum Gasteiger partial charge on any atom is -0.489 e. The van der Waals surface area contributed by atoms with Crippen molar-refractivity contribution in [3.05, 3.63) is 35.4 Å². The second-order valence-electron chi connectivity index (χ2n) is 3.41. The van der Waals surface area contributed by atoms with Gasteiger partial charge in [0.15, 0.2) is 0 Å². The Balaban J connectivity index is 3.20. The fourth-order valence-corrected chi connectivity index (χ4v) is 1.48. The van der Waals surface area contributed by atoms with Crippen LogP contribution in [0.5, 0.6) is 5.75 Å². The van der Waals surface area contributed by atoms with Crippen molar-refractivity contribution < 1.29 is 19.4 Å². The Morgan fingerprint density at radius 1 is 1.56 bits per heavy atom. The standard InChI is InChI=1S/C12H12ClNO4/c1-3-4-18-11-6-10(14-7(2)15)9(13)5-8(11)12(16)17/h3,5-6H,1,4H2,2H3,(H,14,15)(H,16,17). The molecule has 0 aliphatic carbocycles. The summed E-state index contributed by atoms with van der Waals surface area (Å²) in [5.74, 6) is -1.35. The monoisotopic (exact) mass is 269 g/mol. The number of carbonyl (C=O) groups excluding carboxylic acids is 1. The van der Waals surface area contributed by atoms with Crippen molar-refractivity contribution in [3.63, 3.8) is 0 Å². The van der Waals surface area contributed by atoms with E-state index in [4.69, 9.17) is 21.4 Å². The second kappa shape index (κ2) is 6.07. The maximum atomic E-state index is 11.0. The molecule has 5 nitrogen and oxygen atoms in total. The van der Waals surface area contributed by atoms with Gasteiger partial charge in [0.2, 0.25) is 5.91 Å². The fraction of sp³-hybridized carbons (Fsp3) is 0.167. The summed E-state index contributed by atoms with van der Waals surface area (Å²) in [5, 5.41) is 11.6. The summed E-state index contributed by atoms with van der Waals surface area (Å²) in [6.45, 7) is 4.95. The molecule has 1 aromatic carbocycles. The number of aromatic carboxylic acids is 1. The predicted octanol–water partition coefficient (Wildman–Crippen LogP) is 2.56. The highest BCUT2D eigenvalue weighted by molar-refractivity contribution is 6.34. The molecule has 0 spiro atoms. The lowest BCUT2D eigenvalue weighted by molar-refractivity contribution is -0.114. The van der Waals surface area contributed by atoms with Gasteiger partial charge in [-0.1, -0.05) is 24.3 Å². The molecule has 6 heteroatoms. The smallest absolute Gasteiger partial charge is 0.339 e. The predicted molar refractivity (Wildman–Crippen MR) is 68.4 cm³/mol. The molecule has 0 unspecified atom stereocenters. The summed E-state index contributed by atoms with van der Waals surface area (Å²) in [6, 6.07) is 2.60. The largest absolute Gasteiger partial charge is 0.489 e. The van der Waals surface area contributed by atoms with E-state index in [0.717, 1.165) is 0 Å².